The highest BCUT2D eigenvalue weighted by Gasteiger charge is 2.14. The standard InChI is InChI=1S/C22H24N2O2/c1-15-19-10-6-7-11-21(19)24-16(2)20(15)13-22(26)23-14-18(25)12-17-8-4-3-5-9-17/h3-11,18,25H,12-14H2,1-2H3,(H,23,26). The highest BCUT2D eigenvalue weighted by molar-refractivity contribution is 5.86. The molecule has 2 aromatic carbocycles. The molecule has 2 N–H and O–H groups in total. The first-order valence-corrected chi connectivity index (χ1v) is 8.88. The van der Waals surface area contributed by atoms with Gasteiger partial charge in [-0.3, -0.25) is 9.78 Å². The number of carbonyl (C=O) groups excluding carboxylic acids is 1. The molecule has 0 radical (unpaired) electrons. The number of hydrogen-bond donors (Lipinski definition) is 2. The maximum atomic E-state index is 12.4. The summed E-state index contributed by atoms with van der Waals surface area (Å²) in [7, 11) is 0. The molecule has 0 saturated heterocycles. The molecule has 3 aromatic rings. The van der Waals surface area contributed by atoms with E-state index in [1.165, 1.54) is 0 Å². The fraction of sp³-hybridized carbons (Fsp3) is 0.273. The lowest BCUT2D eigenvalue weighted by molar-refractivity contribution is -0.120. The zero-order chi connectivity index (χ0) is 18.5. The van der Waals surface area contributed by atoms with Gasteiger partial charge in [-0.1, -0.05) is 48.5 Å². The number of nitrogens with zero attached hydrogens (tertiary/aromatic N) is 1. The van der Waals surface area contributed by atoms with E-state index in [0.717, 1.165) is 33.3 Å². The summed E-state index contributed by atoms with van der Waals surface area (Å²) in [5.41, 5.74) is 4.93. The molecule has 1 unspecified atom stereocenters. The van der Waals surface area contributed by atoms with Crippen molar-refractivity contribution in [2.75, 3.05) is 6.54 Å². The Kier molecular flexibility index (Phi) is 5.64. The highest BCUT2D eigenvalue weighted by atomic mass is 16.3. The van der Waals surface area contributed by atoms with E-state index in [9.17, 15) is 9.90 Å². The van der Waals surface area contributed by atoms with Gasteiger partial charge in [0.05, 0.1) is 18.0 Å². The number of aliphatic hydroxyl groups excluding tert-OH is 1. The van der Waals surface area contributed by atoms with Crippen LogP contribution >= 0.6 is 0 Å². The Morgan fingerprint density at radius 3 is 2.54 bits per heavy atom. The molecular weight excluding hydrogens is 324 g/mol. The predicted octanol–water partition coefficient (Wildman–Crippen LogP) is 3.11. The van der Waals surface area contributed by atoms with E-state index in [-0.39, 0.29) is 18.9 Å². The number of fused-ring (bicyclic) bond motifs is 1. The normalized spacial score (nSPS) is 12.1. The topological polar surface area (TPSA) is 62.2 Å². The molecule has 1 amide bonds. The Morgan fingerprint density at radius 1 is 1.08 bits per heavy atom. The van der Waals surface area contributed by atoms with E-state index < -0.39 is 6.10 Å². The first-order chi connectivity index (χ1) is 12.5. The second kappa shape index (κ2) is 8.11. The van der Waals surface area contributed by atoms with Crippen LogP contribution in [0.3, 0.4) is 0 Å². The largest absolute Gasteiger partial charge is 0.391 e. The molecule has 0 saturated carbocycles. The van der Waals surface area contributed by atoms with Crippen molar-refractivity contribution in [3.8, 4) is 0 Å². The quantitative estimate of drug-likeness (QED) is 0.719. The third-order valence-corrected chi connectivity index (χ3v) is 4.67. The smallest absolute Gasteiger partial charge is 0.224 e. The minimum atomic E-state index is -0.599. The molecule has 0 aliphatic heterocycles. The van der Waals surface area contributed by atoms with Gasteiger partial charge in [0.15, 0.2) is 0 Å². The third-order valence-electron chi connectivity index (χ3n) is 4.67. The molecule has 1 heterocycles. The zero-order valence-electron chi connectivity index (χ0n) is 15.2. The summed E-state index contributed by atoms with van der Waals surface area (Å²) in [6.45, 7) is 4.21. The molecular formula is C22H24N2O2. The lowest BCUT2D eigenvalue weighted by Crippen LogP contribution is -2.34. The Hall–Kier alpha value is -2.72. The Bertz CT molecular complexity index is 907. The molecule has 0 spiro atoms. The van der Waals surface area contributed by atoms with Crippen molar-refractivity contribution in [2.45, 2.75) is 32.8 Å². The second-order valence-electron chi connectivity index (χ2n) is 6.64. The van der Waals surface area contributed by atoms with E-state index in [4.69, 9.17) is 0 Å². The summed E-state index contributed by atoms with van der Waals surface area (Å²) in [4.78, 5) is 17.0. The monoisotopic (exact) mass is 348 g/mol. The van der Waals surface area contributed by atoms with Crippen molar-refractivity contribution in [2.24, 2.45) is 0 Å². The first-order valence-electron chi connectivity index (χ1n) is 8.88. The van der Waals surface area contributed by atoms with Crippen LogP contribution in [0.4, 0.5) is 0 Å². The molecule has 134 valence electrons. The molecule has 0 aliphatic rings. The Balaban J connectivity index is 1.62. The summed E-state index contributed by atoms with van der Waals surface area (Å²) in [6, 6.07) is 17.7. The number of para-hydroxylation sites is 1. The number of aromatic nitrogens is 1. The molecule has 4 nitrogen and oxygen atoms in total. The van der Waals surface area contributed by atoms with Gasteiger partial charge in [-0.15, -0.1) is 0 Å². The summed E-state index contributed by atoms with van der Waals surface area (Å²) < 4.78 is 0. The van der Waals surface area contributed by atoms with Crippen LogP contribution < -0.4 is 5.32 Å². The van der Waals surface area contributed by atoms with Crippen LogP contribution in [0.15, 0.2) is 54.6 Å². The van der Waals surface area contributed by atoms with Crippen LogP contribution in [0, 0.1) is 13.8 Å². The number of rotatable bonds is 6. The van der Waals surface area contributed by atoms with Crippen molar-refractivity contribution in [3.05, 3.63) is 77.0 Å². The minimum absolute atomic E-state index is 0.0969. The van der Waals surface area contributed by atoms with Gasteiger partial charge >= 0.3 is 0 Å². The predicted molar refractivity (Wildman–Crippen MR) is 104 cm³/mol. The number of amides is 1. The molecule has 0 fully saturated rings. The summed E-state index contributed by atoms with van der Waals surface area (Å²) in [5.74, 6) is -0.0969. The number of nitrogens with one attached hydrogen (secondary N) is 1. The van der Waals surface area contributed by atoms with Gasteiger partial charge in [0.1, 0.15) is 0 Å². The molecule has 1 atom stereocenters. The molecule has 1 aromatic heterocycles. The van der Waals surface area contributed by atoms with Crippen LogP contribution in [-0.2, 0) is 17.6 Å². The Morgan fingerprint density at radius 2 is 1.77 bits per heavy atom. The van der Waals surface area contributed by atoms with Gasteiger partial charge in [-0.25, -0.2) is 0 Å². The number of benzene rings is 2. The van der Waals surface area contributed by atoms with E-state index in [1.807, 2.05) is 68.4 Å². The van der Waals surface area contributed by atoms with Gasteiger partial charge in [-0.2, -0.15) is 0 Å². The average molecular weight is 348 g/mol. The fourth-order valence-corrected chi connectivity index (χ4v) is 3.24. The van der Waals surface area contributed by atoms with Gasteiger partial charge in [0.2, 0.25) is 5.91 Å². The van der Waals surface area contributed by atoms with Crippen LogP contribution in [0.5, 0.6) is 0 Å². The summed E-state index contributed by atoms with van der Waals surface area (Å²) in [5, 5.41) is 14.1. The lowest BCUT2D eigenvalue weighted by atomic mass is 9.99. The molecule has 0 bridgehead atoms. The summed E-state index contributed by atoms with van der Waals surface area (Å²) >= 11 is 0. The maximum absolute atomic E-state index is 12.4. The third kappa shape index (κ3) is 4.27. The van der Waals surface area contributed by atoms with Crippen LogP contribution in [0.1, 0.15) is 22.4 Å². The number of hydrogen-bond acceptors (Lipinski definition) is 3. The van der Waals surface area contributed by atoms with Crippen LogP contribution in [0.25, 0.3) is 10.9 Å². The van der Waals surface area contributed by atoms with E-state index in [1.54, 1.807) is 0 Å². The highest BCUT2D eigenvalue weighted by Crippen LogP contribution is 2.22. The van der Waals surface area contributed by atoms with Crippen LogP contribution in [0.2, 0.25) is 0 Å². The average Bonchev–Trinajstić information content (AvgIpc) is 2.64. The van der Waals surface area contributed by atoms with Gasteiger partial charge in [-0.05, 0) is 36.6 Å². The number of aryl methyl sites for hydroxylation is 2. The van der Waals surface area contributed by atoms with Crippen molar-refractivity contribution < 1.29 is 9.90 Å². The molecule has 26 heavy (non-hydrogen) atoms. The molecule has 3 rings (SSSR count). The Labute approximate surface area is 153 Å². The maximum Gasteiger partial charge on any atom is 0.224 e. The molecule has 4 heteroatoms. The SMILES string of the molecule is Cc1nc2ccccc2c(C)c1CC(=O)NCC(O)Cc1ccccc1. The fourth-order valence-electron chi connectivity index (χ4n) is 3.24. The van der Waals surface area contributed by atoms with Crippen molar-refractivity contribution in [1.82, 2.24) is 10.3 Å². The van der Waals surface area contributed by atoms with Crippen molar-refractivity contribution in [1.29, 1.82) is 0 Å². The van der Waals surface area contributed by atoms with Gasteiger partial charge in [0, 0.05) is 24.0 Å². The van der Waals surface area contributed by atoms with E-state index >= 15 is 0 Å². The summed E-state index contributed by atoms with van der Waals surface area (Å²) in [6.07, 6.45) is 0.197. The second-order valence-corrected chi connectivity index (χ2v) is 6.64. The molecule has 0 aliphatic carbocycles. The van der Waals surface area contributed by atoms with Crippen LogP contribution in [-0.4, -0.2) is 28.6 Å². The van der Waals surface area contributed by atoms with Gasteiger partial charge in [0.25, 0.3) is 0 Å². The van der Waals surface area contributed by atoms with Crippen molar-refractivity contribution >= 4 is 16.8 Å². The number of aliphatic hydroxyl groups is 1. The van der Waals surface area contributed by atoms with Gasteiger partial charge < -0.3 is 10.4 Å². The lowest BCUT2D eigenvalue weighted by Gasteiger charge is -2.14. The van der Waals surface area contributed by atoms with E-state index in [2.05, 4.69) is 10.3 Å². The zero-order valence-corrected chi connectivity index (χ0v) is 15.2. The number of pyridine rings is 1. The number of carbonyl (C=O) groups is 1. The van der Waals surface area contributed by atoms with E-state index in [0.29, 0.717) is 6.42 Å². The minimum Gasteiger partial charge on any atom is -0.391 e. The van der Waals surface area contributed by atoms with Crippen molar-refractivity contribution in [3.63, 3.8) is 0 Å². The first kappa shape index (κ1) is 18.1.